The van der Waals surface area contributed by atoms with E-state index in [9.17, 15) is 8.42 Å². The number of hydrogen-bond donors (Lipinski definition) is 0. The monoisotopic (exact) mass is 438 g/mol. The first kappa shape index (κ1) is 21.6. The molecule has 31 heavy (non-hydrogen) atoms. The van der Waals surface area contributed by atoms with E-state index in [1.54, 1.807) is 24.5 Å². The summed E-state index contributed by atoms with van der Waals surface area (Å²) in [7, 11) is -3.89. The van der Waals surface area contributed by atoms with Gasteiger partial charge in [-0.1, -0.05) is 70.0 Å². The van der Waals surface area contributed by atoms with Crippen molar-refractivity contribution in [1.29, 1.82) is 0 Å². The molecule has 0 unspecified atom stereocenters. The van der Waals surface area contributed by atoms with E-state index in [1.807, 2.05) is 61.9 Å². The lowest BCUT2D eigenvalue weighted by Gasteiger charge is -2.25. The molecule has 6 nitrogen and oxygen atoms in total. The Morgan fingerprint density at radius 2 is 1.71 bits per heavy atom. The van der Waals surface area contributed by atoms with Gasteiger partial charge in [0.15, 0.2) is 0 Å². The van der Waals surface area contributed by atoms with E-state index >= 15 is 0 Å². The number of pyridine rings is 1. The largest absolute Gasteiger partial charge is 0.269 e. The second-order valence-corrected chi connectivity index (χ2v) is 11.0. The third kappa shape index (κ3) is 4.51. The summed E-state index contributed by atoms with van der Waals surface area (Å²) >= 11 is 0. The zero-order valence-corrected chi connectivity index (χ0v) is 19.2. The fourth-order valence-electron chi connectivity index (χ4n) is 4.10. The molecule has 4 rings (SSSR count). The van der Waals surface area contributed by atoms with Crippen LogP contribution < -0.4 is 4.31 Å². The van der Waals surface area contributed by atoms with Crippen molar-refractivity contribution in [3.05, 3.63) is 72.2 Å². The second kappa shape index (κ2) is 8.46. The lowest BCUT2D eigenvalue weighted by atomic mass is 9.92. The molecule has 3 aromatic rings. The predicted molar refractivity (Wildman–Crippen MR) is 122 cm³/mol. The smallest absolute Gasteiger partial charge is 0.268 e. The Morgan fingerprint density at radius 3 is 2.32 bits per heavy atom. The quantitative estimate of drug-likeness (QED) is 0.538. The molecule has 1 fully saturated rings. The summed E-state index contributed by atoms with van der Waals surface area (Å²) in [4.78, 5) is 4.63. The number of sulfonamides is 1. The zero-order chi connectivity index (χ0) is 22.1. The van der Waals surface area contributed by atoms with Gasteiger partial charge >= 0.3 is 0 Å². The molecule has 0 bridgehead atoms. The lowest BCUT2D eigenvalue weighted by Crippen LogP contribution is -2.32. The van der Waals surface area contributed by atoms with Crippen LogP contribution in [0.5, 0.6) is 0 Å². The minimum absolute atomic E-state index is 0.207. The van der Waals surface area contributed by atoms with Crippen molar-refractivity contribution < 1.29 is 8.42 Å². The summed E-state index contributed by atoms with van der Waals surface area (Å²) in [6, 6.07) is 15.2. The van der Waals surface area contributed by atoms with Gasteiger partial charge in [-0.25, -0.2) is 17.7 Å². The van der Waals surface area contributed by atoms with Gasteiger partial charge in [0.1, 0.15) is 10.7 Å². The molecule has 1 aliphatic carbocycles. The molecule has 2 heterocycles. The Balaban J connectivity index is 1.83. The summed E-state index contributed by atoms with van der Waals surface area (Å²) in [5.41, 5.74) is 1.10. The van der Waals surface area contributed by atoms with E-state index in [-0.39, 0.29) is 17.5 Å². The first-order valence-corrected chi connectivity index (χ1v) is 12.3. The van der Waals surface area contributed by atoms with Gasteiger partial charge in [0.2, 0.25) is 0 Å². The molecule has 0 N–H and O–H groups in total. The molecule has 1 aliphatic rings. The molecule has 0 spiro atoms. The number of hydrogen-bond acceptors (Lipinski definition) is 4. The summed E-state index contributed by atoms with van der Waals surface area (Å²) in [5.74, 6) is 0.403. The molecular weight excluding hydrogens is 408 g/mol. The van der Waals surface area contributed by atoms with Crippen LogP contribution in [0.1, 0.15) is 63.8 Å². The van der Waals surface area contributed by atoms with Crippen molar-refractivity contribution in [3.8, 4) is 0 Å². The Labute approximate surface area is 185 Å². The van der Waals surface area contributed by atoms with Crippen LogP contribution in [0.2, 0.25) is 0 Å². The number of anilines is 1. The number of aromatic nitrogens is 3. The molecule has 0 atom stereocenters. The highest BCUT2D eigenvalue weighted by atomic mass is 32.2. The van der Waals surface area contributed by atoms with Crippen LogP contribution in [-0.2, 0) is 22.0 Å². The van der Waals surface area contributed by atoms with Gasteiger partial charge in [-0.05, 0) is 30.5 Å². The molecule has 1 aromatic carbocycles. The fraction of sp³-hybridized carbons (Fsp3) is 0.417. The molecular formula is C24H30N4O2S. The average molecular weight is 439 g/mol. The highest BCUT2D eigenvalue weighted by molar-refractivity contribution is 7.92. The van der Waals surface area contributed by atoms with Crippen LogP contribution in [0, 0.1) is 0 Å². The van der Waals surface area contributed by atoms with Crippen molar-refractivity contribution >= 4 is 15.8 Å². The zero-order valence-electron chi connectivity index (χ0n) is 18.4. The molecule has 1 saturated carbocycles. The van der Waals surface area contributed by atoms with Crippen molar-refractivity contribution in [3.63, 3.8) is 0 Å². The average Bonchev–Trinajstić information content (AvgIpc) is 3.43. The number of rotatable bonds is 6. The summed E-state index contributed by atoms with van der Waals surface area (Å²) < 4.78 is 31.4. The van der Waals surface area contributed by atoms with Crippen molar-refractivity contribution in [2.24, 2.45) is 0 Å². The van der Waals surface area contributed by atoms with Gasteiger partial charge < -0.3 is 0 Å². The molecule has 2 aromatic heterocycles. The van der Waals surface area contributed by atoms with E-state index in [4.69, 9.17) is 5.10 Å². The van der Waals surface area contributed by atoms with Gasteiger partial charge in [-0.15, -0.1) is 0 Å². The van der Waals surface area contributed by atoms with Gasteiger partial charge in [0.25, 0.3) is 10.0 Å². The first-order valence-electron chi connectivity index (χ1n) is 10.8. The van der Waals surface area contributed by atoms with Crippen molar-refractivity contribution in [2.45, 2.75) is 69.4 Å². The molecule has 0 amide bonds. The molecule has 0 aliphatic heterocycles. The summed E-state index contributed by atoms with van der Waals surface area (Å²) in [6.07, 6.45) is 7.76. The minimum Gasteiger partial charge on any atom is -0.268 e. The summed E-state index contributed by atoms with van der Waals surface area (Å²) in [6.45, 7) is 6.24. The topological polar surface area (TPSA) is 68.1 Å². The van der Waals surface area contributed by atoms with Crippen molar-refractivity contribution in [1.82, 2.24) is 14.8 Å². The van der Waals surface area contributed by atoms with Gasteiger partial charge in [0.05, 0.1) is 18.3 Å². The van der Waals surface area contributed by atoms with Gasteiger partial charge in [0, 0.05) is 17.8 Å². The lowest BCUT2D eigenvalue weighted by molar-refractivity contribution is 0.448. The van der Waals surface area contributed by atoms with Gasteiger partial charge in [-0.3, -0.25) is 4.68 Å². The van der Waals surface area contributed by atoms with E-state index in [1.165, 1.54) is 4.31 Å². The highest BCUT2D eigenvalue weighted by Crippen LogP contribution is 2.36. The number of nitrogens with zero attached hydrogens (tertiary/aromatic N) is 4. The molecule has 0 saturated heterocycles. The fourth-order valence-corrected chi connectivity index (χ4v) is 5.84. The first-order chi connectivity index (χ1) is 14.8. The Hall–Kier alpha value is -2.67. The Morgan fingerprint density at radius 1 is 1.03 bits per heavy atom. The molecule has 7 heteroatoms. The van der Waals surface area contributed by atoms with Crippen LogP contribution >= 0.6 is 0 Å². The number of benzene rings is 1. The van der Waals surface area contributed by atoms with Crippen LogP contribution in [0.15, 0.2) is 65.8 Å². The Kier molecular flexibility index (Phi) is 5.88. The van der Waals surface area contributed by atoms with E-state index < -0.39 is 15.4 Å². The van der Waals surface area contributed by atoms with Crippen LogP contribution in [0.25, 0.3) is 0 Å². The highest BCUT2D eigenvalue weighted by Gasteiger charge is 2.36. The normalized spacial score (nSPS) is 15.3. The molecule has 0 radical (unpaired) electrons. The third-order valence-electron chi connectivity index (χ3n) is 5.75. The second-order valence-electron chi connectivity index (χ2n) is 9.20. The van der Waals surface area contributed by atoms with Crippen molar-refractivity contribution in [2.75, 3.05) is 4.31 Å². The van der Waals surface area contributed by atoms with Gasteiger partial charge in [-0.2, -0.15) is 5.10 Å². The van der Waals surface area contributed by atoms with Crippen LogP contribution in [0.4, 0.5) is 5.82 Å². The molecule has 164 valence electrons. The van der Waals surface area contributed by atoms with Crippen LogP contribution in [-0.4, -0.2) is 23.2 Å². The third-order valence-corrected chi connectivity index (χ3v) is 7.50. The Bertz CT molecular complexity index is 1110. The van der Waals surface area contributed by atoms with E-state index in [0.717, 1.165) is 31.2 Å². The summed E-state index contributed by atoms with van der Waals surface area (Å²) in [5, 5.41) is 4.80. The SMILES string of the molecule is CC(C)(C)c1nn(C2CCCC2)cc1S(=O)(=O)N(Cc1ccccc1)c1ccccn1. The standard InChI is InChI=1S/C24H30N4O2S/c1-24(2,3)23-21(18-27(26-23)20-13-7-8-14-20)31(29,30)28(22-15-9-10-16-25-22)17-19-11-5-4-6-12-19/h4-6,9-12,15-16,18,20H,7-8,13-14,17H2,1-3H3. The maximum atomic E-state index is 14.1. The van der Waals surface area contributed by atoms with E-state index in [2.05, 4.69) is 4.98 Å². The van der Waals surface area contributed by atoms with E-state index in [0.29, 0.717) is 11.5 Å². The predicted octanol–water partition coefficient (Wildman–Crippen LogP) is 5.09. The maximum Gasteiger partial charge on any atom is 0.269 e. The van der Waals surface area contributed by atoms with Crippen LogP contribution in [0.3, 0.4) is 0 Å². The minimum atomic E-state index is -3.89. The maximum absolute atomic E-state index is 14.1.